The van der Waals surface area contributed by atoms with Gasteiger partial charge >= 0.3 is 0 Å². The smallest absolute Gasteiger partial charge is 0.258 e. The Balaban J connectivity index is 1.91. The zero-order valence-corrected chi connectivity index (χ0v) is 13.3. The van der Waals surface area contributed by atoms with Gasteiger partial charge in [0.25, 0.3) is 5.69 Å². The van der Waals surface area contributed by atoms with E-state index in [0.717, 1.165) is 5.56 Å². The molecule has 1 aromatic rings. The Labute approximate surface area is 129 Å². The van der Waals surface area contributed by atoms with Crippen LogP contribution >= 0.6 is 0 Å². The van der Waals surface area contributed by atoms with Crippen LogP contribution in [0.1, 0.15) is 19.4 Å². The third-order valence-electron chi connectivity index (χ3n) is 3.75. The van der Waals surface area contributed by atoms with Crippen LogP contribution in [0, 0.1) is 10.1 Å². The van der Waals surface area contributed by atoms with Crippen molar-refractivity contribution in [2.45, 2.75) is 37.6 Å². The quantitative estimate of drug-likeness (QED) is 0.512. The van der Waals surface area contributed by atoms with Gasteiger partial charge in [-0.1, -0.05) is 12.1 Å². The largest absolute Gasteiger partial charge is 0.269 e. The topological polar surface area (TPSA) is 113 Å². The second-order valence-corrected chi connectivity index (χ2v) is 7.37. The molecular formula is C13H20N4O4S. The molecule has 0 spiro atoms. The first-order valence-corrected chi connectivity index (χ1v) is 8.59. The Kier molecular flexibility index (Phi) is 5.12. The minimum atomic E-state index is -3.43. The van der Waals surface area contributed by atoms with Crippen molar-refractivity contribution >= 4 is 15.7 Å². The van der Waals surface area contributed by atoms with E-state index in [-0.39, 0.29) is 24.3 Å². The SMILES string of the molecule is CC1NNC(C)C1S(=O)(=O)NCCc1ccc([N+](=O)[O-])cc1. The first-order valence-electron chi connectivity index (χ1n) is 7.04. The van der Waals surface area contributed by atoms with E-state index in [1.807, 2.05) is 13.8 Å². The van der Waals surface area contributed by atoms with E-state index < -0.39 is 20.2 Å². The van der Waals surface area contributed by atoms with Crippen molar-refractivity contribution in [3.63, 3.8) is 0 Å². The highest BCUT2D eigenvalue weighted by atomic mass is 32.2. The van der Waals surface area contributed by atoms with E-state index in [4.69, 9.17) is 0 Å². The molecule has 1 aromatic carbocycles. The van der Waals surface area contributed by atoms with Gasteiger partial charge in [-0.2, -0.15) is 0 Å². The number of nitro groups is 1. The summed E-state index contributed by atoms with van der Waals surface area (Å²) in [6, 6.07) is 5.75. The van der Waals surface area contributed by atoms with Crippen LogP contribution in [0.3, 0.4) is 0 Å². The lowest BCUT2D eigenvalue weighted by molar-refractivity contribution is -0.384. The van der Waals surface area contributed by atoms with Gasteiger partial charge in [-0.05, 0) is 25.8 Å². The standard InChI is InChI=1S/C13H20N4O4S/c1-9-13(10(2)16-15-9)22(20,21)14-8-7-11-3-5-12(6-4-11)17(18)19/h3-6,9-10,13-16H,7-8H2,1-2H3. The van der Waals surface area contributed by atoms with E-state index >= 15 is 0 Å². The molecule has 122 valence electrons. The Morgan fingerprint density at radius 1 is 1.18 bits per heavy atom. The molecule has 0 amide bonds. The molecule has 22 heavy (non-hydrogen) atoms. The second kappa shape index (κ2) is 6.69. The number of nitro benzene ring substituents is 1. The van der Waals surface area contributed by atoms with Crippen molar-refractivity contribution in [3.8, 4) is 0 Å². The lowest BCUT2D eigenvalue weighted by Crippen LogP contribution is -2.45. The number of sulfonamides is 1. The number of hydrogen-bond acceptors (Lipinski definition) is 6. The van der Waals surface area contributed by atoms with Crippen molar-refractivity contribution in [1.29, 1.82) is 0 Å². The van der Waals surface area contributed by atoms with Crippen LogP contribution in [-0.2, 0) is 16.4 Å². The van der Waals surface area contributed by atoms with Gasteiger partial charge in [0, 0.05) is 30.8 Å². The number of non-ortho nitro benzene ring substituents is 1. The second-order valence-electron chi connectivity index (χ2n) is 5.44. The summed E-state index contributed by atoms with van der Waals surface area (Å²) in [7, 11) is -3.43. The summed E-state index contributed by atoms with van der Waals surface area (Å²) in [6.07, 6.45) is 0.480. The van der Waals surface area contributed by atoms with Gasteiger partial charge in [-0.25, -0.2) is 13.1 Å². The molecule has 3 N–H and O–H groups in total. The van der Waals surface area contributed by atoms with Gasteiger partial charge in [0.15, 0.2) is 0 Å². The van der Waals surface area contributed by atoms with Crippen molar-refractivity contribution in [2.75, 3.05) is 6.54 Å². The number of hydrazine groups is 1. The molecule has 9 heteroatoms. The number of nitrogens with one attached hydrogen (secondary N) is 3. The summed E-state index contributed by atoms with van der Waals surface area (Å²) in [5, 5.41) is 10.0. The van der Waals surface area contributed by atoms with Crippen LogP contribution in [0.2, 0.25) is 0 Å². The number of rotatable bonds is 6. The maximum atomic E-state index is 12.3. The van der Waals surface area contributed by atoms with E-state index in [1.54, 1.807) is 12.1 Å². The molecule has 1 aliphatic rings. The lowest BCUT2D eigenvalue weighted by atomic mass is 10.1. The van der Waals surface area contributed by atoms with Crippen LogP contribution in [0.25, 0.3) is 0 Å². The molecule has 1 fully saturated rings. The van der Waals surface area contributed by atoms with Crippen LogP contribution in [0.4, 0.5) is 5.69 Å². The van der Waals surface area contributed by atoms with E-state index in [1.165, 1.54) is 12.1 Å². The number of nitrogens with zero attached hydrogens (tertiary/aromatic N) is 1. The van der Waals surface area contributed by atoms with Crippen LogP contribution in [-0.4, -0.2) is 37.2 Å². The van der Waals surface area contributed by atoms with Crippen molar-refractivity contribution in [2.24, 2.45) is 0 Å². The summed E-state index contributed by atoms with van der Waals surface area (Å²) in [5.41, 5.74) is 6.70. The van der Waals surface area contributed by atoms with Crippen LogP contribution in [0.5, 0.6) is 0 Å². The fourth-order valence-electron chi connectivity index (χ4n) is 2.62. The first-order chi connectivity index (χ1) is 10.3. The van der Waals surface area contributed by atoms with Gasteiger partial charge in [-0.3, -0.25) is 21.0 Å². The molecular weight excluding hydrogens is 308 g/mol. The zero-order valence-electron chi connectivity index (χ0n) is 12.4. The van der Waals surface area contributed by atoms with E-state index in [2.05, 4.69) is 15.6 Å². The molecule has 1 saturated heterocycles. The summed E-state index contributed by atoms with van der Waals surface area (Å²) in [5.74, 6) is 0. The van der Waals surface area contributed by atoms with Crippen molar-refractivity contribution in [1.82, 2.24) is 15.6 Å². The fourth-order valence-corrected chi connectivity index (χ4v) is 4.41. The molecule has 0 saturated carbocycles. The summed E-state index contributed by atoms with van der Waals surface area (Å²) >= 11 is 0. The van der Waals surface area contributed by atoms with Crippen molar-refractivity contribution in [3.05, 3.63) is 39.9 Å². The van der Waals surface area contributed by atoms with Gasteiger partial charge in [0.2, 0.25) is 10.0 Å². The minimum absolute atomic E-state index is 0.0232. The van der Waals surface area contributed by atoms with E-state index in [0.29, 0.717) is 6.42 Å². The van der Waals surface area contributed by atoms with E-state index in [9.17, 15) is 18.5 Å². The molecule has 1 aliphatic heterocycles. The fraction of sp³-hybridized carbons (Fsp3) is 0.538. The zero-order chi connectivity index (χ0) is 16.3. The average molecular weight is 328 g/mol. The maximum Gasteiger partial charge on any atom is 0.269 e. The predicted octanol–water partition coefficient (Wildman–Crippen LogP) is 0.310. The summed E-state index contributed by atoms with van der Waals surface area (Å²) < 4.78 is 27.2. The van der Waals surface area contributed by atoms with Crippen LogP contribution < -0.4 is 15.6 Å². The first kappa shape index (κ1) is 16.8. The molecule has 0 bridgehead atoms. The van der Waals surface area contributed by atoms with Gasteiger partial charge < -0.3 is 0 Å². The molecule has 0 radical (unpaired) electrons. The average Bonchev–Trinajstić information content (AvgIpc) is 2.79. The molecule has 2 unspecified atom stereocenters. The molecule has 2 atom stereocenters. The third-order valence-corrected chi connectivity index (χ3v) is 5.89. The molecule has 0 aliphatic carbocycles. The van der Waals surface area contributed by atoms with Crippen molar-refractivity contribution < 1.29 is 13.3 Å². The Morgan fingerprint density at radius 2 is 1.73 bits per heavy atom. The van der Waals surface area contributed by atoms with Gasteiger partial charge in [-0.15, -0.1) is 0 Å². The molecule has 0 aromatic heterocycles. The third kappa shape index (κ3) is 3.80. The normalized spacial score (nSPS) is 25.3. The van der Waals surface area contributed by atoms with Gasteiger partial charge in [0.1, 0.15) is 5.25 Å². The highest BCUT2D eigenvalue weighted by Gasteiger charge is 2.39. The summed E-state index contributed by atoms with van der Waals surface area (Å²) in [4.78, 5) is 10.1. The monoisotopic (exact) mass is 328 g/mol. The summed E-state index contributed by atoms with van der Waals surface area (Å²) in [6.45, 7) is 3.89. The van der Waals surface area contributed by atoms with Crippen LogP contribution in [0.15, 0.2) is 24.3 Å². The number of benzene rings is 1. The number of hydrogen-bond donors (Lipinski definition) is 3. The highest BCUT2D eigenvalue weighted by Crippen LogP contribution is 2.15. The Morgan fingerprint density at radius 3 is 2.23 bits per heavy atom. The lowest BCUT2D eigenvalue weighted by Gasteiger charge is -2.19. The van der Waals surface area contributed by atoms with Gasteiger partial charge in [0.05, 0.1) is 4.92 Å². The molecule has 1 heterocycles. The molecule has 8 nitrogen and oxygen atoms in total. The highest BCUT2D eigenvalue weighted by molar-refractivity contribution is 7.90. The maximum absolute atomic E-state index is 12.3. The predicted molar refractivity (Wildman–Crippen MR) is 82.7 cm³/mol. The Bertz CT molecular complexity index is 622. The Hall–Kier alpha value is -1.55. The molecule has 2 rings (SSSR count). The minimum Gasteiger partial charge on any atom is -0.258 e.